The number of nitrogens with zero attached hydrogens (tertiary/aromatic N) is 1. The molecule has 0 aliphatic heterocycles. The van der Waals surface area contributed by atoms with Gasteiger partial charge in [0.05, 0.1) is 5.52 Å². The fourth-order valence-electron chi connectivity index (χ4n) is 2.57. The zero-order valence-electron chi connectivity index (χ0n) is 13.7. The highest BCUT2D eigenvalue weighted by Gasteiger charge is 2.30. The van der Waals surface area contributed by atoms with Gasteiger partial charge in [0.25, 0.3) is 0 Å². The molecule has 0 spiro atoms. The van der Waals surface area contributed by atoms with Crippen molar-refractivity contribution in [2.45, 2.75) is 26.3 Å². The fourth-order valence-corrected chi connectivity index (χ4v) is 2.57. The number of oxazole rings is 1. The number of ketones is 1. The third kappa shape index (κ3) is 3.96. The number of ether oxygens (including phenoxy) is 1. The predicted octanol–water partition coefficient (Wildman–Crippen LogP) is 4.14. The lowest BCUT2D eigenvalue weighted by Crippen LogP contribution is -2.16. The molecule has 5 nitrogen and oxygen atoms in total. The average molecular weight is 365 g/mol. The Labute approximate surface area is 145 Å². The van der Waals surface area contributed by atoms with Crippen LogP contribution in [0.3, 0.4) is 0 Å². The molecule has 1 aromatic heterocycles. The van der Waals surface area contributed by atoms with Crippen molar-refractivity contribution in [2.24, 2.45) is 0 Å². The highest BCUT2D eigenvalue weighted by atomic mass is 19.4. The molecule has 0 amide bonds. The van der Waals surface area contributed by atoms with Crippen molar-refractivity contribution in [1.82, 2.24) is 4.57 Å². The Morgan fingerprint density at radius 1 is 1.12 bits per heavy atom. The first-order valence-electron chi connectivity index (χ1n) is 7.72. The van der Waals surface area contributed by atoms with Crippen molar-refractivity contribution in [2.75, 3.05) is 0 Å². The number of benzene rings is 2. The summed E-state index contributed by atoms with van der Waals surface area (Å²) >= 11 is 0. The SMILES string of the molecule is CC(=O)CCn1c(=O)oc2ccc(-c3ccc(OC(F)(F)F)cc3)cc21. The molecule has 0 saturated carbocycles. The number of rotatable bonds is 5. The maximum Gasteiger partial charge on any atom is 0.573 e. The number of hydrogen-bond donors (Lipinski definition) is 0. The Hall–Kier alpha value is -3.03. The molecule has 3 rings (SSSR count). The van der Waals surface area contributed by atoms with E-state index in [9.17, 15) is 22.8 Å². The van der Waals surface area contributed by atoms with E-state index in [4.69, 9.17) is 4.42 Å². The van der Waals surface area contributed by atoms with Gasteiger partial charge in [-0.15, -0.1) is 13.2 Å². The zero-order chi connectivity index (χ0) is 18.9. The van der Waals surface area contributed by atoms with Crippen LogP contribution in [0.5, 0.6) is 5.75 Å². The van der Waals surface area contributed by atoms with Gasteiger partial charge in [-0.3, -0.25) is 9.36 Å². The van der Waals surface area contributed by atoms with E-state index < -0.39 is 12.1 Å². The number of Topliss-reactive ketones (excluding diaryl/α,β-unsaturated/α-hetero) is 1. The van der Waals surface area contributed by atoms with E-state index in [2.05, 4.69) is 4.74 Å². The Bertz CT molecular complexity index is 1000. The van der Waals surface area contributed by atoms with Crippen LogP contribution in [0.15, 0.2) is 51.7 Å². The first-order valence-corrected chi connectivity index (χ1v) is 7.72. The summed E-state index contributed by atoms with van der Waals surface area (Å²) in [5.74, 6) is -0.931. The Morgan fingerprint density at radius 3 is 2.38 bits per heavy atom. The Morgan fingerprint density at radius 2 is 1.77 bits per heavy atom. The molecule has 0 unspecified atom stereocenters. The maximum absolute atomic E-state index is 12.2. The van der Waals surface area contributed by atoms with Gasteiger partial charge in [-0.1, -0.05) is 18.2 Å². The molecular formula is C18H14F3NO4. The summed E-state index contributed by atoms with van der Waals surface area (Å²) in [6, 6.07) is 10.4. The largest absolute Gasteiger partial charge is 0.573 e. The molecule has 0 fully saturated rings. The quantitative estimate of drug-likeness (QED) is 0.682. The molecule has 1 heterocycles. The van der Waals surface area contributed by atoms with Crippen LogP contribution in [-0.4, -0.2) is 16.7 Å². The Kier molecular flexibility index (Phi) is 4.58. The minimum Gasteiger partial charge on any atom is -0.408 e. The number of carbonyl (C=O) groups is 1. The van der Waals surface area contributed by atoms with Crippen LogP contribution >= 0.6 is 0 Å². The van der Waals surface area contributed by atoms with Gasteiger partial charge >= 0.3 is 12.1 Å². The number of fused-ring (bicyclic) bond motifs is 1. The van der Waals surface area contributed by atoms with Crippen LogP contribution in [0, 0.1) is 0 Å². The minimum atomic E-state index is -4.75. The van der Waals surface area contributed by atoms with E-state index in [1.807, 2.05) is 0 Å². The van der Waals surface area contributed by atoms with E-state index >= 15 is 0 Å². The van der Waals surface area contributed by atoms with Gasteiger partial charge in [-0.25, -0.2) is 4.79 Å². The van der Waals surface area contributed by atoms with Gasteiger partial charge < -0.3 is 9.15 Å². The monoisotopic (exact) mass is 365 g/mol. The molecule has 2 aromatic carbocycles. The third-order valence-electron chi connectivity index (χ3n) is 3.78. The molecule has 0 aliphatic carbocycles. The van der Waals surface area contributed by atoms with Crippen LogP contribution in [0.25, 0.3) is 22.2 Å². The number of aryl methyl sites for hydroxylation is 1. The Balaban J connectivity index is 1.94. The van der Waals surface area contributed by atoms with Gasteiger partial charge in [-0.05, 0) is 42.3 Å². The molecule has 0 aliphatic rings. The first kappa shape index (κ1) is 17.8. The topological polar surface area (TPSA) is 61.4 Å². The molecule has 8 heteroatoms. The second kappa shape index (κ2) is 6.70. The van der Waals surface area contributed by atoms with Gasteiger partial charge in [0.1, 0.15) is 11.5 Å². The van der Waals surface area contributed by atoms with Crippen LogP contribution in [0.1, 0.15) is 13.3 Å². The average Bonchev–Trinajstić information content (AvgIpc) is 2.86. The van der Waals surface area contributed by atoms with Crippen LogP contribution in [0.4, 0.5) is 13.2 Å². The highest BCUT2D eigenvalue weighted by molar-refractivity contribution is 5.81. The molecule has 3 aromatic rings. The predicted molar refractivity (Wildman–Crippen MR) is 87.9 cm³/mol. The van der Waals surface area contributed by atoms with Crippen LogP contribution < -0.4 is 10.5 Å². The summed E-state index contributed by atoms with van der Waals surface area (Å²) in [5, 5.41) is 0. The lowest BCUT2D eigenvalue weighted by atomic mass is 10.1. The standard InChI is InChI=1S/C18H14F3NO4/c1-11(23)8-9-22-15-10-13(4-7-16(15)25-17(22)24)12-2-5-14(6-3-12)26-18(19,20)21/h2-7,10H,8-9H2,1H3. The summed E-state index contributed by atoms with van der Waals surface area (Å²) in [4.78, 5) is 23.1. The molecular weight excluding hydrogens is 351 g/mol. The van der Waals surface area contributed by atoms with Gasteiger partial charge in [0.15, 0.2) is 5.58 Å². The normalized spacial score (nSPS) is 11.7. The number of halogens is 3. The second-order valence-electron chi connectivity index (χ2n) is 5.73. The molecule has 0 atom stereocenters. The lowest BCUT2D eigenvalue weighted by Gasteiger charge is -2.09. The van der Waals surface area contributed by atoms with Gasteiger partial charge in [0.2, 0.25) is 0 Å². The summed E-state index contributed by atoms with van der Waals surface area (Å²) in [6.45, 7) is 1.63. The first-order chi connectivity index (χ1) is 12.2. The van der Waals surface area contributed by atoms with Crippen molar-refractivity contribution in [3.8, 4) is 16.9 Å². The number of aromatic nitrogens is 1. The van der Waals surface area contributed by atoms with Crippen molar-refractivity contribution >= 4 is 16.9 Å². The number of hydrogen-bond acceptors (Lipinski definition) is 4. The van der Waals surface area contributed by atoms with Crippen molar-refractivity contribution in [1.29, 1.82) is 0 Å². The van der Waals surface area contributed by atoms with Crippen molar-refractivity contribution in [3.63, 3.8) is 0 Å². The highest BCUT2D eigenvalue weighted by Crippen LogP contribution is 2.28. The van der Waals surface area contributed by atoms with Crippen molar-refractivity contribution in [3.05, 3.63) is 53.0 Å². The number of alkyl halides is 3. The second-order valence-corrected chi connectivity index (χ2v) is 5.73. The molecule has 136 valence electrons. The third-order valence-corrected chi connectivity index (χ3v) is 3.78. The van der Waals surface area contributed by atoms with E-state index in [-0.39, 0.29) is 24.5 Å². The molecule has 0 radical (unpaired) electrons. The van der Waals surface area contributed by atoms with Gasteiger partial charge in [-0.2, -0.15) is 0 Å². The fraction of sp³-hybridized carbons (Fsp3) is 0.222. The molecule has 0 N–H and O–H groups in total. The summed E-state index contributed by atoms with van der Waals surface area (Å²) in [7, 11) is 0. The smallest absolute Gasteiger partial charge is 0.408 e. The summed E-state index contributed by atoms with van der Waals surface area (Å²) in [6.07, 6.45) is -4.55. The number of carbonyl (C=O) groups excluding carboxylic acids is 1. The van der Waals surface area contributed by atoms with E-state index in [1.165, 1.54) is 35.8 Å². The van der Waals surface area contributed by atoms with Crippen molar-refractivity contribution < 1.29 is 27.1 Å². The minimum absolute atomic E-state index is 0.0531. The summed E-state index contributed by atoms with van der Waals surface area (Å²) in [5.41, 5.74) is 2.23. The van der Waals surface area contributed by atoms with Crippen LogP contribution in [0.2, 0.25) is 0 Å². The van der Waals surface area contributed by atoms with E-state index in [0.717, 1.165) is 0 Å². The molecule has 0 bridgehead atoms. The van der Waals surface area contributed by atoms with E-state index in [1.54, 1.807) is 18.2 Å². The lowest BCUT2D eigenvalue weighted by molar-refractivity contribution is -0.274. The van der Waals surface area contributed by atoms with E-state index in [0.29, 0.717) is 22.2 Å². The van der Waals surface area contributed by atoms with Gasteiger partial charge in [0, 0.05) is 13.0 Å². The maximum atomic E-state index is 12.2. The van der Waals surface area contributed by atoms with Crippen LogP contribution in [-0.2, 0) is 11.3 Å². The zero-order valence-corrected chi connectivity index (χ0v) is 13.7. The summed E-state index contributed by atoms with van der Waals surface area (Å²) < 4.78 is 47.0. The molecule has 0 saturated heterocycles. The molecule has 26 heavy (non-hydrogen) atoms.